The molecule has 1 aromatic rings. The number of likely N-dealkylation sites (tertiary alicyclic amines) is 1. The first-order chi connectivity index (χ1) is 9.31. The van der Waals surface area contributed by atoms with Gasteiger partial charge in [0, 0.05) is 19.5 Å². The van der Waals surface area contributed by atoms with Crippen molar-refractivity contribution in [2.24, 2.45) is 11.3 Å². The molecule has 1 aromatic carbocycles. The molecule has 1 heterocycles. The van der Waals surface area contributed by atoms with Crippen LogP contribution in [-0.2, 0) is 11.3 Å². The third-order valence-corrected chi connectivity index (χ3v) is 4.65. The quantitative estimate of drug-likeness (QED) is 0.836. The van der Waals surface area contributed by atoms with Crippen LogP contribution in [-0.4, -0.2) is 24.5 Å². The van der Waals surface area contributed by atoms with Crippen molar-refractivity contribution in [3.8, 4) is 5.75 Å². The van der Waals surface area contributed by atoms with E-state index in [2.05, 4.69) is 36.7 Å². The minimum Gasteiger partial charge on any atom is -0.496 e. The summed E-state index contributed by atoms with van der Waals surface area (Å²) >= 11 is 3.49. The summed E-state index contributed by atoms with van der Waals surface area (Å²) in [5, 5.41) is 0. The first-order valence-corrected chi connectivity index (χ1v) is 7.70. The Morgan fingerprint density at radius 1 is 1.40 bits per heavy atom. The molecular weight excluding hydrogens is 318 g/mol. The van der Waals surface area contributed by atoms with E-state index in [4.69, 9.17) is 4.74 Å². The predicted molar refractivity (Wildman–Crippen MR) is 83.7 cm³/mol. The molecule has 1 atom stereocenters. The summed E-state index contributed by atoms with van der Waals surface area (Å²) in [5.74, 6) is 1.52. The Morgan fingerprint density at radius 3 is 2.60 bits per heavy atom. The zero-order valence-electron chi connectivity index (χ0n) is 12.6. The number of hydrogen-bond acceptors (Lipinski definition) is 2. The molecule has 1 aliphatic heterocycles. The topological polar surface area (TPSA) is 29.5 Å². The molecule has 0 bridgehead atoms. The fraction of sp³-hybridized carbons (Fsp3) is 0.562. The van der Waals surface area contributed by atoms with E-state index >= 15 is 0 Å². The minimum atomic E-state index is 0.185. The van der Waals surface area contributed by atoms with Crippen molar-refractivity contribution in [1.29, 1.82) is 0 Å². The van der Waals surface area contributed by atoms with Crippen molar-refractivity contribution in [1.82, 2.24) is 4.90 Å². The SMILES string of the molecule is COc1ccc(CN2CC(C(C)(C)C)CC2=O)cc1Br. The van der Waals surface area contributed by atoms with Crippen LogP contribution < -0.4 is 4.74 Å². The van der Waals surface area contributed by atoms with Gasteiger partial charge in [-0.3, -0.25) is 4.79 Å². The highest BCUT2D eigenvalue weighted by Crippen LogP contribution is 2.35. The maximum absolute atomic E-state index is 12.1. The van der Waals surface area contributed by atoms with Gasteiger partial charge in [-0.2, -0.15) is 0 Å². The predicted octanol–water partition coefficient (Wildman–Crippen LogP) is 3.85. The molecule has 1 fully saturated rings. The Kier molecular flexibility index (Phi) is 4.43. The van der Waals surface area contributed by atoms with E-state index in [1.807, 2.05) is 23.1 Å². The lowest BCUT2D eigenvalue weighted by Gasteiger charge is -2.26. The van der Waals surface area contributed by atoms with Gasteiger partial charge in [0.25, 0.3) is 0 Å². The van der Waals surface area contributed by atoms with Gasteiger partial charge in [-0.05, 0) is 45.0 Å². The van der Waals surface area contributed by atoms with Gasteiger partial charge >= 0.3 is 0 Å². The van der Waals surface area contributed by atoms with Gasteiger partial charge in [0.1, 0.15) is 5.75 Å². The van der Waals surface area contributed by atoms with E-state index in [9.17, 15) is 4.79 Å². The maximum atomic E-state index is 12.1. The van der Waals surface area contributed by atoms with Gasteiger partial charge < -0.3 is 9.64 Å². The molecule has 0 aromatic heterocycles. The molecule has 0 radical (unpaired) electrons. The van der Waals surface area contributed by atoms with Crippen LogP contribution in [0.5, 0.6) is 5.75 Å². The zero-order valence-corrected chi connectivity index (χ0v) is 14.2. The molecule has 110 valence electrons. The third kappa shape index (κ3) is 3.35. The summed E-state index contributed by atoms with van der Waals surface area (Å²) in [6.07, 6.45) is 0.667. The van der Waals surface area contributed by atoms with Crippen molar-refractivity contribution in [3.63, 3.8) is 0 Å². The number of ether oxygens (including phenoxy) is 1. The average molecular weight is 340 g/mol. The lowest BCUT2D eigenvalue weighted by Crippen LogP contribution is -2.27. The van der Waals surface area contributed by atoms with Crippen molar-refractivity contribution in [2.45, 2.75) is 33.7 Å². The highest BCUT2D eigenvalue weighted by molar-refractivity contribution is 9.10. The second-order valence-corrected chi connectivity index (χ2v) is 7.36. The molecule has 0 spiro atoms. The summed E-state index contributed by atoms with van der Waals surface area (Å²) < 4.78 is 6.15. The van der Waals surface area contributed by atoms with E-state index in [0.29, 0.717) is 18.9 Å². The number of nitrogens with zero attached hydrogens (tertiary/aromatic N) is 1. The Bertz CT molecular complexity index is 508. The van der Waals surface area contributed by atoms with E-state index in [1.54, 1.807) is 7.11 Å². The van der Waals surface area contributed by atoms with Gasteiger partial charge in [0.2, 0.25) is 5.91 Å². The monoisotopic (exact) mass is 339 g/mol. The first kappa shape index (κ1) is 15.4. The van der Waals surface area contributed by atoms with Gasteiger partial charge in [0.05, 0.1) is 11.6 Å². The molecule has 1 unspecified atom stereocenters. The second-order valence-electron chi connectivity index (χ2n) is 6.51. The number of carbonyl (C=O) groups excluding carboxylic acids is 1. The Labute approximate surface area is 129 Å². The summed E-state index contributed by atoms with van der Waals surface area (Å²) in [7, 11) is 1.65. The summed E-state index contributed by atoms with van der Waals surface area (Å²) in [6, 6.07) is 5.97. The smallest absolute Gasteiger partial charge is 0.223 e. The third-order valence-electron chi connectivity index (χ3n) is 4.03. The number of hydrogen-bond donors (Lipinski definition) is 0. The van der Waals surface area contributed by atoms with Crippen molar-refractivity contribution in [2.75, 3.05) is 13.7 Å². The van der Waals surface area contributed by atoms with Gasteiger partial charge in [-0.15, -0.1) is 0 Å². The largest absolute Gasteiger partial charge is 0.496 e. The van der Waals surface area contributed by atoms with Crippen LogP contribution >= 0.6 is 15.9 Å². The van der Waals surface area contributed by atoms with E-state index < -0.39 is 0 Å². The van der Waals surface area contributed by atoms with Crippen LogP contribution in [0.4, 0.5) is 0 Å². The molecule has 20 heavy (non-hydrogen) atoms. The van der Waals surface area contributed by atoms with Crippen molar-refractivity contribution >= 4 is 21.8 Å². The summed E-state index contributed by atoms with van der Waals surface area (Å²) in [5.41, 5.74) is 1.31. The van der Waals surface area contributed by atoms with Crippen LogP contribution in [0.15, 0.2) is 22.7 Å². The first-order valence-electron chi connectivity index (χ1n) is 6.91. The van der Waals surface area contributed by atoms with E-state index in [0.717, 1.165) is 22.3 Å². The Hall–Kier alpha value is -1.03. The molecule has 4 heteroatoms. The number of amides is 1. The van der Waals surface area contributed by atoms with Crippen LogP contribution in [0.3, 0.4) is 0 Å². The van der Waals surface area contributed by atoms with Gasteiger partial charge in [0.15, 0.2) is 0 Å². The number of methoxy groups -OCH3 is 1. The number of benzene rings is 1. The second kappa shape index (κ2) is 5.76. The Balaban J connectivity index is 2.07. The minimum absolute atomic E-state index is 0.185. The fourth-order valence-corrected chi connectivity index (χ4v) is 3.12. The molecular formula is C16H22BrNO2. The Morgan fingerprint density at radius 2 is 2.10 bits per heavy atom. The van der Waals surface area contributed by atoms with Crippen LogP contribution in [0.1, 0.15) is 32.8 Å². The van der Waals surface area contributed by atoms with Gasteiger partial charge in [-0.25, -0.2) is 0 Å². The van der Waals surface area contributed by atoms with Crippen molar-refractivity contribution in [3.05, 3.63) is 28.2 Å². The summed E-state index contributed by atoms with van der Waals surface area (Å²) in [6.45, 7) is 8.15. The fourth-order valence-electron chi connectivity index (χ4n) is 2.53. The molecule has 0 saturated carbocycles. The number of carbonyl (C=O) groups is 1. The number of rotatable bonds is 3. The average Bonchev–Trinajstić information content (AvgIpc) is 2.71. The zero-order chi connectivity index (χ0) is 14.9. The normalized spacial score (nSPS) is 19.6. The molecule has 2 rings (SSSR count). The molecule has 3 nitrogen and oxygen atoms in total. The van der Waals surface area contributed by atoms with E-state index in [1.165, 1.54) is 0 Å². The molecule has 0 aliphatic carbocycles. The molecule has 1 amide bonds. The highest BCUT2D eigenvalue weighted by atomic mass is 79.9. The summed E-state index contributed by atoms with van der Waals surface area (Å²) in [4.78, 5) is 14.1. The van der Waals surface area contributed by atoms with E-state index in [-0.39, 0.29) is 11.3 Å². The molecule has 0 N–H and O–H groups in total. The number of halogens is 1. The lowest BCUT2D eigenvalue weighted by molar-refractivity contribution is -0.128. The van der Waals surface area contributed by atoms with Crippen LogP contribution in [0.2, 0.25) is 0 Å². The standard InChI is InChI=1S/C16H22BrNO2/c1-16(2,3)12-8-15(19)18(10-12)9-11-5-6-14(20-4)13(17)7-11/h5-7,12H,8-10H2,1-4H3. The van der Waals surface area contributed by atoms with Crippen molar-refractivity contribution < 1.29 is 9.53 Å². The molecule has 1 saturated heterocycles. The highest BCUT2D eigenvalue weighted by Gasteiger charge is 2.36. The van der Waals surface area contributed by atoms with Crippen LogP contribution in [0.25, 0.3) is 0 Å². The molecule has 1 aliphatic rings. The van der Waals surface area contributed by atoms with Gasteiger partial charge in [-0.1, -0.05) is 26.8 Å². The lowest BCUT2D eigenvalue weighted by atomic mass is 9.80. The maximum Gasteiger partial charge on any atom is 0.223 e. The van der Waals surface area contributed by atoms with Crippen LogP contribution in [0, 0.1) is 11.3 Å².